The van der Waals surface area contributed by atoms with E-state index in [2.05, 4.69) is 13.8 Å². The van der Waals surface area contributed by atoms with E-state index in [1.54, 1.807) is 25.6 Å². The van der Waals surface area contributed by atoms with Gasteiger partial charge in [-0.15, -0.1) is 11.3 Å². The summed E-state index contributed by atoms with van der Waals surface area (Å²) in [5, 5.41) is 0.918. The van der Waals surface area contributed by atoms with Crippen molar-refractivity contribution in [2.75, 3.05) is 14.2 Å². The molecule has 5 heteroatoms. The van der Waals surface area contributed by atoms with Crippen molar-refractivity contribution in [3.63, 3.8) is 0 Å². The standard InChI is InChI=1S/C16H22N2O2S/c1-9(2)14-15(10(3)17)21-16(18-14)12-8-11(19-4)6-7-13(12)20-5/h6-10H,17H2,1-5H3. The number of ether oxygens (including phenoxy) is 2. The average Bonchev–Trinajstić information content (AvgIpc) is 2.92. The maximum absolute atomic E-state index is 6.08. The van der Waals surface area contributed by atoms with Gasteiger partial charge in [0.15, 0.2) is 0 Å². The molecule has 0 fully saturated rings. The van der Waals surface area contributed by atoms with Gasteiger partial charge in [-0.2, -0.15) is 0 Å². The highest BCUT2D eigenvalue weighted by Crippen LogP contribution is 2.39. The summed E-state index contributed by atoms with van der Waals surface area (Å²) < 4.78 is 10.8. The quantitative estimate of drug-likeness (QED) is 0.908. The van der Waals surface area contributed by atoms with Crippen LogP contribution >= 0.6 is 11.3 Å². The minimum Gasteiger partial charge on any atom is -0.497 e. The molecule has 0 aliphatic heterocycles. The Kier molecular flexibility index (Phi) is 4.85. The lowest BCUT2D eigenvalue weighted by molar-refractivity contribution is 0.404. The summed E-state index contributed by atoms with van der Waals surface area (Å²) in [6.45, 7) is 6.26. The van der Waals surface area contributed by atoms with Crippen molar-refractivity contribution in [1.29, 1.82) is 0 Å². The molecule has 0 saturated heterocycles. The van der Waals surface area contributed by atoms with E-state index in [1.165, 1.54) is 0 Å². The Hall–Kier alpha value is -1.59. The van der Waals surface area contributed by atoms with Gasteiger partial charge in [0.2, 0.25) is 0 Å². The fraction of sp³-hybridized carbons (Fsp3) is 0.438. The third-order valence-corrected chi connectivity index (χ3v) is 4.58. The predicted octanol–water partition coefficient (Wildman–Crippen LogP) is 3.97. The van der Waals surface area contributed by atoms with Crippen LogP contribution in [0.5, 0.6) is 11.5 Å². The number of hydrogen-bond acceptors (Lipinski definition) is 5. The molecule has 0 saturated carbocycles. The summed E-state index contributed by atoms with van der Waals surface area (Å²) in [5.41, 5.74) is 8.09. The van der Waals surface area contributed by atoms with Gasteiger partial charge in [0.05, 0.1) is 25.5 Å². The number of aromatic nitrogens is 1. The van der Waals surface area contributed by atoms with Gasteiger partial charge in [0.25, 0.3) is 0 Å². The summed E-state index contributed by atoms with van der Waals surface area (Å²) in [5.74, 6) is 1.91. The topological polar surface area (TPSA) is 57.4 Å². The van der Waals surface area contributed by atoms with Crippen molar-refractivity contribution >= 4 is 11.3 Å². The number of nitrogens with zero attached hydrogens (tertiary/aromatic N) is 1. The fourth-order valence-electron chi connectivity index (χ4n) is 2.18. The van der Waals surface area contributed by atoms with Gasteiger partial charge in [-0.05, 0) is 31.0 Å². The third kappa shape index (κ3) is 3.19. The van der Waals surface area contributed by atoms with Crippen molar-refractivity contribution in [3.05, 3.63) is 28.8 Å². The Morgan fingerprint density at radius 1 is 1.14 bits per heavy atom. The van der Waals surface area contributed by atoms with Crippen LogP contribution in [0.15, 0.2) is 18.2 Å². The van der Waals surface area contributed by atoms with Crippen LogP contribution in [-0.4, -0.2) is 19.2 Å². The highest BCUT2D eigenvalue weighted by molar-refractivity contribution is 7.15. The minimum atomic E-state index is -0.0229. The van der Waals surface area contributed by atoms with Crippen LogP contribution in [0.2, 0.25) is 0 Å². The zero-order valence-electron chi connectivity index (χ0n) is 13.1. The molecule has 21 heavy (non-hydrogen) atoms. The second kappa shape index (κ2) is 6.45. The lowest BCUT2D eigenvalue weighted by Crippen LogP contribution is -2.06. The van der Waals surface area contributed by atoms with E-state index in [0.29, 0.717) is 5.92 Å². The number of hydrogen-bond donors (Lipinski definition) is 1. The molecule has 0 aliphatic carbocycles. The van der Waals surface area contributed by atoms with Crippen LogP contribution in [0, 0.1) is 0 Å². The Morgan fingerprint density at radius 2 is 1.86 bits per heavy atom. The first-order valence-electron chi connectivity index (χ1n) is 6.96. The van der Waals surface area contributed by atoms with Crippen LogP contribution in [0.1, 0.15) is 43.3 Å². The summed E-state index contributed by atoms with van der Waals surface area (Å²) in [6.07, 6.45) is 0. The van der Waals surface area contributed by atoms with Crippen LogP contribution in [-0.2, 0) is 0 Å². The number of benzene rings is 1. The van der Waals surface area contributed by atoms with E-state index in [-0.39, 0.29) is 6.04 Å². The van der Waals surface area contributed by atoms with E-state index in [4.69, 9.17) is 20.2 Å². The molecule has 2 aromatic rings. The van der Waals surface area contributed by atoms with Crippen LogP contribution in [0.25, 0.3) is 10.6 Å². The first-order valence-corrected chi connectivity index (χ1v) is 7.78. The van der Waals surface area contributed by atoms with Gasteiger partial charge >= 0.3 is 0 Å². The molecule has 0 spiro atoms. The number of rotatable bonds is 5. The van der Waals surface area contributed by atoms with E-state index in [9.17, 15) is 0 Å². The third-order valence-electron chi connectivity index (χ3n) is 3.28. The Bertz CT molecular complexity index is 595. The summed E-state index contributed by atoms with van der Waals surface area (Å²) >= 11 is 1.63. The monoisotopic (exact) mass is 306 g/mol. The zero-order valence-corrected chi connectivity index (χ0v) is 14.0. The van der Waals surface area contributed by atoms with Gasteiger partial charge in [-0.25, -0.2) is 4.98 Å². The van der Waals surface area contributed by atoms with Crippen LogP contribution in [0.4, 0.5) is 0 Å². The van der Waals surface area contributed by atoms with Crippen molar-refractivity contribution in [1.82, 2.24) is 4.98 Å². The molecule has 0 bridgehead atoms. The van der Waals surface area contributed by atoms with Crippen molar-refractivity contribution in [2.45, 2.75) is 32.7 Å². The van der Waals surface area contributed by atoms with Crippen LogP contribution < -0.4 is 15.2 Å². The molecule has 0 aliphatic rings. The molecule has 114 valence electrons. The number of thiazole rings is 1. The van der Waals surface area contributed by atoms with Crippen molar-refractivity contribution in [3.8, 4) is 22.1 Å². The molecule has 1 atom stereocenters. The van der Waals surface area contributed by atoms with Gasteiger partial charge in [0, 0.05) is 10.9 Å². The molecule has 4 nitrogen and oxygen atoms in total. The lowest BCUT2D eigenvalue weighted by atomic mass is 10.1. The summed E-state index contributed by atoms with van der Waals surface area (Å²) in [6, 6.07) is 5.71. The SMILES string of the molecule is COc1ccc(OC)c(-c2nc(C(C)C)c(C(C)N)s2)c1. The number of nitrogens with two attached hydrogens (primary N) is 1. The molecular weight excluding hydrogens is 284 g/mol. The zero-order chi connectivity index (χ0) is 15.6. The maximum atomic E-state index is 6.08. The molecule has 1 heterocycles. The normalized spacial score (nSPS) is 12.5. The highest BCUT2D eigenvalue weighted by Gasteiger charge is 2.20. The molecule has 1 aromatic heterocycles. The molecular formula is C16H22N2O2S. The minimum absolute atomic E-state index is 0.0229. The van der Waals surface area contributed by atoms with E-state index in [0.717, 1.165) is 32.6 Å². The molecule has 0 radical (unpaired) electrons. The van der Waals surface area contributed by atoms with E-state index in [1.807, 2.05) is 25.1 Å². The highest BCUT2D eigenvalue weighted by atomic mass is 32.1. The van der Waals surface area contributed by atoms with Gasteiger partial charge in [-0.3, -0.25) is 0 Å². The summed E-state index contributed by atoms with van der Waals surface area (Å²) in [7, 11) is 3.31. The fourth-order valence-corrected chi connectivity index (χ4v) is 3.37. The maximum Gasteiger partial charge on any atom is 0.129 e. The molecule has 1 aromatic carbocycles. The molecule has 2 N–H and O–H groups in total. The Labute approximate surface area is 129 Å². The van der Waals surface area contributed by atoms with E-state index < -0.39 is 0 Å². The molecule has 1 unspecified atom stereocenters. The van der Waals surface area contributed by atoms with Crippen molar-refractivity contribution in [2.24, 2.45) is 5.73 Å². The number of methoxy groups -OCH3 is 2. The van der Waals surface area contributed by atoms with E-state index >= 15 is 0 Å². The average molecular weight is 306 g/mol. The smallest absolute Gasteiger partial charge is 0.129 e. The molecule has 0 amide bonds. The largest absolute Gasteiger partial charge is 0.497 e. The lowest BCUT2D eigenvalue weighted by Gasteiger charge is -2.08. The predicted molar refractivity (Wildman–Crippen MR) is 87.3 cm³/mol. The van der Waals surface area contributed by atoms with Gasteiger partial charge in [-0.1, -0.05) is 13.8 Å². The first kappa shape index (κ1) is 15.8. The Morgan fingerprint density at radius 3 is 2.33 bits per heavy atom. The van der Waals surface area contributed by atoms with Crippen molar-refractivity contribution < 1.29 is 9.47 Å². The molecule has 2 rings (SSSR count). The van der Waals surface area contributed by atoms with Crippen LogP contribution in [0.3, 0.4) is 0 Å². The second-order valence-corrected chi connectivity index (χ2v) is 6.31. The first-order chi connectivity index (χ1) is 9.97. The Balaban J connectivity index is 2.58. The van der Waals surface area contributed by atoms with Gasteiger partial charge in [0.1, 0.15) is 16.5 Å². The second-order valence-electron chi connectivity index (χ2n) is 5.28. The van der Waals surface area contributed by atoms with Gasteiger partial charge < -0.3 is 15.2 Å². The summed E-state index contributed by atoms with van der Waals surface area (Å²) in [4.78, 5) is 5.92.